The number of fused-ring (bicyclic) bond motifs is 1. The Balaban J connectivity index is 1.91. The minimum absolute atomic E-state index is 0.0303. The zero-order valence-electron chi connectivity index (χ0n) is 16.3. The largest absolute Gasteiger partial charge is 0.312 e. The molecule has 3 rings (SSSR count). The van der Waals surface area contributed by atoms with E-state index < -0.39 is 10.0 Å². The number of nitrogens with one attached hydrogen (secondary N) is 1. The fourth-order valence-corrected chi connectivity index (χ4v) is 5.11. The molecule has 0 spiro atoms. The maximum absolute atomic E-state index is 13.1. The van der Waals surface area contributed by atoms with Gasteiger partial charge in [0.1, 0.15) is 0 Å². The number of hydrogen-bond donors (Lipinski definition) is 1. The summed E-state index contributed by atoms with van der Waals surface area (Å²) < 4.78 is 29.0. The van der Waals surface area contributed by atoms with Crippen LogP contribution in [0.3, 0.4) is 0 Å². The summed E-state index contributed by atoms with van der Waals surface area (Å²) in [6.07, 6.45) is 1.58. The number of rotatable bonds is 5. The van der Waals surface area contributed by atoms with Crippen LogP contribution in [0.4, 0.5) is 5.69 Å². The van der Waals surface area contributed by atoms with Crippen molar-refractivity contribution in [1.29, 1.82) is 0 Å². The number of hydrogen-bond acceptors (Lipinski definition) is 3. The molecule has 7 heteroatoms. The summed E-state index contributed by atoms with van der Waals surface area (Å²) in [5.74, 6) is 0.0269. The van der Waals surface area contributed by atoms with Gasteiger partial charge in [0.05, 0.1) is 4.90 Å². The van der Waals surface area contributed by atoms with E-state index in [1.165, 1.54) is 6.92 Å². The predicted octanol–water partition coefficient (Wildman–Crippen LogP) is 4.31. The molecule has 0 bridgehead atoms. The molecule has 0 fully saturated rings. The van der Waals surface area contributed by atoms with E-state index in [2.05, 4.69) is 4.72 Å². The second-order valence-electron chi connectivity index (χ2n) is 7.46. The molecule has 1 N–H and O–H groups in total. The molecule has 0 saturated heterocycles. The highest BCUT2D eigenvalue weighted by Crippen LogP contribution is 2.31. The van der Waals surface area contributed by atoms with Gasteiger partial charge in [-0.3, -0.25) is 4.79 Å². The lowest BCUT2D eigenvalue weighted by atomic mass is 9.97. The Hall–Kier alpha value is -1.89. The Morgan fingerprint density at radius 2 is 1.82 bits per heavy atom. The Labute approximate surface area is 171 Å². The fourth-order valence-electron chi connectivity index (χ4n) is 3.56. The molecule has 0 unspecified atom stereocenters. The summed E-state index contributed by atoms with van der Waals surface area (Å²) in [5.41, 5.74) is 2.55. The molecule has 150 valence electrons. The van der Waals surface area contributed by atoms with Crippen molar-refractivity contribution in [3.8, 4) is 0 Å². The molecule has 1 atom stereocenters. The molecule has 0 radical (unpaired) electrons. The van der Waals surface area contributed by atoms with Crippen LogP contribution in [0, 0.1) is 5.92 Å². The first kappa shape index (κ1) is 20.8. The number of nitrogens with zero attached hydrogens (tertiary/aromatic N) is 1. The van der Waals surface area contributed by atoms with Crippen LogP contribution in [0.1, 0.15) is 44.4 Å². The van der Waals surface area contributed by atoms with E-state index in [9.17, 15) is 13.2 Å². The van der Waals surface area contributed by atoms with Crippen molar-refractivity contribution in [3.05, 3.63) is 58.6 Å². The predicted molar refractivity (Wildman–Crippen MR) is 112 cm³/mol. The second-order valence-corrected chi connectivity index (χ2v) is 9.61. The van der Waals surface area contributed by atoms with Crippen molar-refractivity contribution in [2.24, 2.45) is 5.92 Å². The summed E-state index contributed by atoms with van der Waals surface area (Å²) in [7, 11) is -3.72. The van der Waals surface area contributed by atoms with Gasteiger partial charge in [0.2, 0.25) is 15.9 Å². The molecule has 2 aromatic carbocycles. The van der Waals surface area contributed by atoms with Gasteiger partial charge in [-0.15, -0.1) is 0 Å². The maximum Gasteiger partial charge on any atom is 0.241 e. The van der Waals surface area contributed by atoms with E-state index in [1.807, 2.05) is 26.0 Å². The number of aryl methyl sites for hydroxylation is 1. The third-order valence-corrected chi connectivity index (χ3v) is 6.73. The maximum atomic E-state index is 13.1. The first-order valence-electron chi connectivity index (χ1n) is 9.38. The Bertz CT molecular complexity index is 972. The van der Waals surface area contributed by atoms with Crippen molar-refractivity contribution < 1.29 is 13.2 Å². The molecule has 5 nitrogen and oxygen atoms in total. The Morgan fingerprint density at radius 3 is 2.43 bits per heavy atom. The average molecular weight is 421 g/mol. The number of carbonyl (C=O) groups is 1. The minimum atomic E-state index is -3.72. The average Bonchev–Trinajstić information content (AvgIpc) is 2.65. The minimum Gasteiger partial charge on any atom is -0.312 e. The molecule has 28 heavy (non-hydrogen) atoms. The van der Waals surface area contributed by atoms with Crippen molar-refractivity contribution in [2.75, 3.05) is 11.4 Å². The van der Waals surface area contributed by atoms with Crippen LogP contribution >= 0.6 is 11.6 Å². The number of sulfonamides is 1. The van der Waals surface area contributed by atoms with Crippen LogP contribution < -0.4 is 9.62 Å². The third kappa shape index (κ3) is 4.40. The van der Waals surface area contributed by atoms with E-state index in [4.69, 9.17) is 11.6 Å². The topological polar surface area (TPSA) is 66.5 Å². The normalized spacial score (nSPS) is 15.4. The Morgan fingerprint density at radius 1 is 1.14 bits per heavy atom. The molecule has 2 aromatic rings. The fraction of sp³-hybridized carbons (Fsp3) is 0.381. The monoisotopic (exact) mass is 420 g/mol. The summed E-state index contributed by atoms with van der Waals surface area (Å²) in [5, 5.41) is 0.610. The molecule has 0 saturated carbocycles. The smallest absolute Gasteiger partial charge is 0.241 e. The number of amides is 1. The van der Waals surface area contributed by atoms with Crippen molar-refractivity contribution in [2.45, 2.75) is 44.6 Å². The summed E-state index contributed by atoms with van der Waals surface area (Å²) in [4.78, 5) is 13.8. The van der Waals surface area contributed by atoms with Gasteiger partial charge >= 0.3 is 0 Å². The number of halogens is 1. The third-order valence-electron chi connectivity index (χ3n) is 5.04. The first-order valence-corrected chi connectivity index (χ1v) is 11.2. The molecule has 0 aliphatic carbocycles. The van der Waals surface area contributed by atoms with E-state index in [0.717, 1.165) is 29.7 Å². The zero-order valence-corrected chi connectivity index (χ0v) is 17.8. The highest BCUT2D eigenvalue weighted by atomic mass is 35.5. The molecule has 1 amide bonds. The quantitative estimate of drug-likeness (QED) is 0.783. The molecule has 1 heterocycles. The van der Waals surface area contributed by atoms with E-state index in [0.29, 0.717) is 11.6 Å². The van der Waals surface area contributed by atoms with Gasteiger partial charge < -0.3 is 4.90 Å². The molecule has 1 aliphatic heterocycles. The van der Waals surface area contributed by atoms with Crippen molar-refractivity contribution >= 4 is 33.2 Å². The summed E-state index contributed by atoms with van der Waals surface area (Å²) >= 11 is 5.96. The van der Waals surface area contributed by atoms with E-state index in [-0.39, 0.29) is 22.8 Å². The molecular weight excluding hydrogens is 396 g/mol. The van der Waals surface area contributed by atoms with Gasteiger partial charge in [-0.05, 0) is 60.2 Å². The van der Waals surface area contributed by atoms with Gasteiger partial charge in [-0.25, -0.2) is 13.1 Å². The van der Waals surface area contributed by atoms with Gasteiger partial charge in [-0.2, -0.15) is 0 Å². The summed E-state index contributed by atoms with van der Waals surface area (Å²) in [6.45, 7) is 6.14. The molecule has 0 aromatic heterocycles. The SMILES string of the molecule is CC(=O)N1CCCc2cc(S(=O)(=O)N[C@H](c3ccc(Cl)cc3)C(C)C)ccc21. The van der Waals surface area contributed by atoms with Crippen LogP contribution in [0.5, 0.6) is 0 Å². The van der Waals surface area contributed by atoms with Crippen molar-refractivity contribution in [3.63, 3.8) is 0 Å². The van der Waals surface area contributed by atoms with Crippen LogP contribution in [0.25, 0.3) is 0 Å². The number of carbonyl (C=O) groups excluding carboxylic acids is 1. The standard InChI is InChI=1S/C21H25ClN2O3S/c1-14(2)21(16-6-8-18(22)9-7-16)23-28(26,27)19-10-11-20-17(13-19)5-4-12-24(20)15(3)25/h6-11,13-14,21,23H,4-5,12H2,1-3H3/t21-/m0/s1. The van der Waals surface area contributed by atoms with Crippen LogP contribution in [-0.2, 0) is 21.2 Å². The van der Waals surface area contributed by atoms with Gasteiger partial charge in [-0.1, -0.05) is 37.6 Å². The Kier molecular flexibility index (Phi) is 6.12. The number of anilines is 1. The summed E-state index contributed by atoms with van der Waals surface area (Å²) in [6, 6.07) is 11.8. The van der Waals surface area contributed by atoms with Gasteiger partial charge in [0.25, 0.3) is 0 Å². The number of benzene rings is 2. The van der Waals surface area contributed by atoms with Crippen LogP contribution in [0.2, 0.25) is 5.02 Å². The highest BCUT2D eigenvalue weighted by Gasteiger charge is 2.26. The lowest BCUT2D eigenvalue weighted by Gasteiger charge is -2.29. The molecule has 1 aliphatic rings. The van der Waals surface area contributed by atoms with Gasteiger partial charge in [0, 0.05) is 30.2 Å². The lowest BCUT2D eigenvalue weighted by Crippen LogP contribution is -2.34. The van der Waals surface area contributed by atoms with Crippen LogP contribution in [-0.4, -0.2) is 20.9 Å². The van der Waals surface area contributed by atoms with Gasteiger partial charge in [0.15, 0.2) is 0 Å². The second kappa shape index (κ2) is 8.23. The zero-order chi connectivity index (χ0) is 20.5. The van der Waals surface area contributed by atoms with E-state index >= 15 is 0 Å². The van der Waals surface area contributed by atoms with E-state index in [1.54, 1.807) is 35.2 Å². The lowest BCUT2D eigenvalue weighted by molar-refractivity contribution is -0.116. The van der Waals surface area contributed by atoms with Crippen molar-refractivity contribution in [1.82, 2.24) is 4.72 Å². The molecular formula is C21H25ClN2O3S. The van der Waals surface area contributed by atoms with Crippen LogP contribution in [0.15, 0.2) is 47.4 Å². The highest BCUT2D eigenvalue weighted by molar-refractivity contribution is 7.89. The first-order chi connectivity index (χ1) is 13.2.